The van der Waals surface area contributed by atoms with E-state index in [1.807, 2.05) is 0 Å². The van der Waals surface area contributed by atoms with E-state index in [2.05, 4.69) is 52.1 Å². The van der Waals surface area contributed by atoms with E-state index in [1.165, 1.54) is 5.56 Å². The van der Waals surface area contributed by atoms with Gasteiger partial charge in [-0.05, 0) is 31.2 Å². The zero-order chi connectivity index (χ0) is 13.0. The van der Waals surface area contributed by atoms with Gasteiger partial charge in [-0.2, -0.15) is 0 Å². The molecule has 2 N–H and O–H groups in total. The molecule has 0 aromatic heterocycles. The van der Waals surface area contributed by atoms with Gasteiger partial charge in [0.05, 0.1) is 13.2 Å². The second-order valence-corrected chi connectivity index (χ2v) is 6.23. The topological polar surface area (TPSA) is 38.5 Å². The predicted octanol–water partition coefficient (Wildman–Crippen LogP) is 1.90. The summed E-state index contributed by atoms with van der Waals surface area (Å²) in [6, 6.07) is 8.53. The summed E-state index contributed by atoms with van der Waals surface area (Å²) in [6.45, 7) is 4.43. The van der Waals surface area contributed by atoms with Crippen LogP contribution >= 0.6 is 15.9 Å². The molecule has 1 aromatic carbocycles. The summed E-state index contributed by atoms with van der Waals surface area (Å²) in [5.41, 5.74) is 7.40. The molecule has 1 aliphatic rings. The molecule has 0 amide bonds. The average molecular weight is 313 g/mol. The van der Waals surface area contributed by atoms with Gasteiger partial charge in [-0.3, -0.25) is 0 Å². The Kier molecular flexibility index (Phi) is 4.78. The Hall–Kier alpha value is -0.420. The van der Waals surface area contributed by atoms with Gasteiger partial charge in [-0.25, -0.2) is 0 Å². The van der Waals surface area contributed by atoms with Gasteiger partial charge in [0, 0.05) is 29.5 Å². The van der Waals surface area contributed by atoms with Crippen molar-refractivity contribution in [2.75, 3.05) is 39.9 Å². The average Bonchev–Trinajstić information content (AvgIpc) is 2.33. The minimum Gasteiger partial charge on any atom is -0.380 e. The highest BCUT2D eigenvalue weighted by Crippen LogP contribution is 2.26. The van der Waals surface area contributed by atoms with Gasteiger partial charge >= 0.3 is 0 Å². The summed E-state index contributed by atoms with van der Waals surface area (Å²) in [6.07, 6.45) is 1.07. The maximum atomic E-state index is 5.83. The fourth-order valence-corrected chi connectivity index (χ4v) is 2.55. The first-order valence-corrected chi connectivity index (χ1v) is 7.14. The summed E-state index contributed by atoms with van der Waals surface area (Å²) in [4.78, 5) is 2.36. The molecule has 2 rings (SSSR count). The summed E-state index contributed by atoms with van der Waals surface area (Å²) >= 11 is 3.45. The third-order valence-electron chi connectivity index (χ3n) is 3.55. The van der Waals surface area contributed by atoms with Crippen LogP contribution in [0.2, 0.25) is 0 Å². The molecule has 18 heavy (non-hydrogen) atoms. The molecular formula is C14H21BrN2O. The van der Waals surface area contributed by atoms with Crippen LogP contribution in [0.5, 0.6) is 0 Å². The number of rotatable bonds is 6. The normalized spacial score (nSPS) is 17.8. The van der Waals surface area contributed by atoms with Crippen LogP contribution in [-0.4, -0.2) is 44.8 Å². The van der Waals surface area contributed by atoms with Crippen LogP contribution in [0.3, 0.4) is 0 Å². The number of nitrogens with two attached hydrogens (primary N) is 1. The monoisotopic (exact) mass is 312 g/mol. The Labute approximate surface area is 117 Å². The van der Waals surface area contributed by atoms with Crippen molar-refractivity contribution in [1.82, 2.24) is 4.90 Å². The highest BCUT2D eigenvalue weighted by atomic mass is 79.9. The number of hydrogen-bond donors (Lipinski definition) is 1. The second kappa shape index (κ2) is 6.15. The summed E-state index contributed by atoms with van der Waals surface area (Å²) < 4.78 is 6.43. The lowest BCUT2D eigenvalue weighted by Gasteiger charge is -2.43. The fraction of sp³-hybridized carbons (Fsp3) is 0.571. The lowest BCUT2D eigenvalue weighted by molar-refractivity contribution is -0.117. The molecular weight excluding hydrogens is 292 g/mol. The van der Waals surface area contributed by atoms with Crippen LogP contribution in [0.25, 0.3) is 0 Å². The highest BCUT2D eigenvalue weighted by molar-refractivity contribution is 9.10. The smallest absolute Gasteiger partial charge is 0.0569 e. The van der Waals surface area contributed by atoms with Gasteiger partial charge in [0.15, 0.2) is 0 Å². The van der Waals surface area contributed by atoms with Gasteiger partial charge < -0.3 is 15.4 Å². The van der Waals surface area contributed by atoms with Crippen LogP contribution in [0, 0.1) is 5.41 Å². The van der Waals surface area contributed by atoms with Crippen molar-refractivity contribution >= 4 is 15.9 Å². The Morgan fingerprint density at radius 3 is 2.50 bits per heavy atom. The molecule has 1 heterocycles. The van der Waals surface area contributed by atoms with Crippen LogP contribution in [0.15, 0.2) is 28.7 Å². The molecule has 0 saturated carbocycles. The van der Waals surface area contributed by atoms with E-state index < -0.39 is 0 Å². The maximum Gasteiger partial charge on any atom is 0.0569 e. The van der Waals surface area contributed by atoms with E-state index in [4.69, 9.17) is 10.5 Å². The van der Waals surface area contributed by atoms with Gasteiger partial charge in [0.2, 0.25) is 0 Å². The molecule has 4 heteroatoms. The predicted molar refractivity (Wildman–Crippen MR) is 77.6 cm³/mol. The van der Waals surface area contributed by atoms with Gasteiger partial charge in [-0.1, -0.05) is 28.1 Å². The first kappa shape index (κ1) is 14.0. The van der Waals surface area contributed by atoms with Crippen LogP contribution in [-0.2, 0) is 11.2 Å². The van der Waals surface area contributed by atoms with E-state index in [1.54, 1.807) is 0 Å². The molecule has 1 aliphatic heterocycles. The Balaban J connectivity index is 1.77. The summed E-state index contributed by atoms with van der Waals surface area (Å²) in [5.74, 6) is 0. The summed E-state index contributed by atoms with van der Waals surface area (Å²) in [5, 5.41) is 0. The zero-order valence-corrected chi connectivity index (χ0v) is 12.4. The third-order valence-corrected chi connectivity index (χ3v) is 4.08. The molecule has 0 bridgehead atoms. The minimum absolute atomic E-state index is 0.203. The largest absolute Gasteiger partial charge is 0.380 e. The number of nitrogens with zero attached hydrogens (tertiary/aromatic N) is 1. The van der Waals surface area contributed by atoms with E-state index in [0.29, 0.717) is 0 Å². The van der Waals surface area contributed by atoms with Crippen molar-refractivity contribution in [3.8, 4) is 0 Å². The highest BCUT2D eigenvalue weighted by Gasteiger charge is 2.37. The van der Waals surface area contributed by atoms with Crippen molar-refractivity contribution in [3.05, 3.63) is 34.3 Å². The lowest BCUT2D eigenvalue weighted by Crippen LogP contribution is -2.54. The number of halogens is 1. The molecule has 100 valence electrons. The first-order chi connectivity index (χ1) is 8.63. The Morgan fingerprint density at radius 2 is 2.00 bits per heavy atom. The third kappa shape index (κ3) is 3.54. The van der Waals surface area contributed by atoms with Crippen molar-refractivity contribution in [2.24, 2.45) is 11.1 Å². The quantitative estimate of drug-likeness (QED) is 0.872. The van der Waals surface area contributed by atoms with E-state index in [-0.39, 0.29) is 5.41 Å². The van der Waals surface area contributed by atoms with Crippen LogP contribution < -0.4 is 5.73 Å². The van der Waals surface area contributed by atoms with Gasteiger partial charge in [-0.15, -0.1) is 0 Å². The molecule has 0 aliphatic carbocycles. The van der Waals surface area contributed by atoms with E-state index in [0.717, 1.165) is 43.7 Å². The number of likely N-dealkylation sites (N-methyl/N-ethyl adjacent to an activating group) is 1. The lowest BCUT2D eigenvalue weighted by atomic mass is 9.85. The molecule has 1 aromatic rings. The number of benzene rings is 1. The Bertz CT molecular complexity index is 370. The standard InChI is InChI=1S/C14H21BrN2O/c1-17(9-14(8-16)10-18-11-14)7-6-12-2-4-13(15)5-3-12/h2-5H,6-11,16H2,1H3. The van der Waals surface area contributed by atoms with Gasteiger partial charge in [0.1, 0.15) is 0 Å². The fourth-order valence-electron chi connectivity index (χ4n) is 2.29. The van der Waals surface area contributed by atoms with Crippen molar-refractivity contribution in [3.63, 3.8) is 0 Å². The molecule has 1 saturated heterocycles. The number of hydrogen-bond acceptors (Lipinski definition) is 3. The summed E-state index contributed by atoms with van der Waals surface area (Å²) in [7, 11) is 2.16. The molecule has 0 radical (unpaired) electrons. The van der Waals surface area contributed by atoms with Crippen molar-refractivity contribution in [1.29, 1.82) is 0 Å². The van der Waals surface area contributed by atoms with E-state index in [9.17, 15) is 0 Å². The first-order valence-electron chi connectivity index (χ1n) is 6.34. The zero-order valence-electron chi connectivity index (χ0n) is 10.9. The SMILES string of the molecule is CN(CCc1ccc(Br)cc1)CC1(CN)COC1. The second-order valence-electron chi connectivity index (χ2n) is 5.31. The molecule has 3 nitrogen and oxygen atoms in total. The van der Waals surface area contributed by atoms with Crippen LogP contribution in [0.1, 0.15) is 5.56 Å². The van der Waals surface area contributed by atoms with Crippen molar-refractivity contribution < 1.29 is 4.74 Å². The Morgan fingerprint density at radius 1 is 1.33 bits per heavy atom. The van der Waals surface area contributed by atoms with Gasteiger partial charge in [0.25, 0.3) is 0 Å². The minimum atomic E-state index is 0.203. The molecule has 0 spiro atoms. The molecule has 0 unspecified atom stereocenters. The maximum absolute atomic E-state index is 5.83. The molecule has 1 fully saturated rings. The number of ether oxygens (including phenoxy) is 1. The van der Waals surface area contributed by atoms with Crippen LogP contribution in [0.4, 0.5) is 0 Å². The molecule has 0 atom stereocenters. The van der Waals surface area contributed by atoms with Crippen molar-refractivity contribution in [2.45, 2.75) is 6.42 Å². The van der Waals surface area contributed by atoms with E-state index >= 15 is 0 Å².